The highest BCUT2D eigenvalue weighted by Crippen LogP contribution is 2.40. The molecule has 2 unspecified atom stereocenters. The molecule has 0 aromatic heterocycles. The Morgan fingerprint density at radius 1 is 1.41 bits per heavy atom. The van der Waals surface area contributed by atoms with E-state index < -0.39 is 9.84 Å². The summed E-state index contributed by atoms with van der Waals surface area (Å²) in [5, 5.41) is 0. The van der Waals surface area contributed by atoms with Crippen molar-refractivity contribution in [3.63, 3.8) is 0 Å². The van der Waals surface area contributed by atoms with E-state index in [2.05, 4.69) is 6.92 Å². The van der Waals surface area contributed by atoms with Crippen molar-refractivity contribution in [3.8, 4) is 0 Å². The zero-order chi connectivity index (χ0) is 12.5. The van der Waals surface area contributed by atoms with Gasteiger partial charge in [0.2, 0.25) is 0 Å². The standard InChI is InChI=1S/C13H19NO2S/c1-2-5-10(8-14)12-9-17(15,16)13-7-4-3-6-11(12)13/h3-4,6-7,10,12H,2,5,8-9,14H2,1H3. The number of hydrogen-bond acceptors (Lipinski definition) is 3. The van der Waals surface area contributed by atoms with Crippen LogP contribution in [0.1, 0.15) is 31.2 Å². The molecule has 1 aliphatic heterocycles. The molecule has 0 bridgehead atoms. The fraction of sp³-hybridized carbons (Fsp3) is 0.538. The third-order valence-corrected chi connectivity index (χ3v) is 5.42. The molecule has 17 heavy (non-hydrogen) atoms. The van der Waals surface area contributed by atoms with Gasteiger partial charge < -0.3 is 5.73 Å². The van der Waals surface area contributed by atoms with E-state index in [-0.39, 0.29) is 17.6 Å². The first-order valence-corrected chi connectivity index (χ1v) is 7.77. The first kappa shape index (κ1) is 12.6. The SMILES string of the molecule is CCCC(CN)C1CS(=O)(=O)c2ccccc21. The average molecular weight is 253 g/mol. The number of fused-ring (bicyclic) bond motifs is 1. The molecule has 0 fully saturated rings. The molecule has 94 valence electrons. The summed E-state index contributed by atoms with van der Waals surface area (Å²) in [6, 6.07) is 7.34. The normalized spacial score (nSPS) is 23.3. The quantitative estimate of drug-likeness (QED) is 0.892. The van der Waals surface area contributed by atoms with Crippen molar-refractivity contribution in [2.45, 2.75) is 30.6 Å². The molecule has 0 saturated carbocycles. The molecule has 1 aliphatic rings. The van der Waals surface area contributed by atoms with Crippen LogP contribution in [0.4, 0.5) is 0 Å². The van der Waals surface area contributed by atoms with Gasteiger partial charge in [0.05, 0.1) is 10.6 Å². The molecule has 0 amide bonds. The van der Waals surface area contributed by atoms with E-state index in [9.17, 15) is 8.42 Å². The molecule has 2 N–H and O–H groups in total. The minimum Gasteiger partial charge on any atom is -0.330 e. The van der Waals surface area contributed by atoms with Crippen LogP contribution in [0.5, 0.6) is 0 Å². The third-order valence-electron chi connectivity index (χ3n) is 3.58. The highest BCUT2D eigenvalue weighted by Gasteiger charge is 2.37. The summed E-state index contributed by atoms with van der Waals surface area (Å²) in [6.45, 7) is 2.67. The van der Waals surface area contributed by atoms with Crippen molar-refractivity contribution < 1.29 is 8.42 Å². The van der Waals surface area contributed by atoms with Crippen LogP contribution in [-0.4, -0.2) is 20.7 Å². The van der Waals surface area contributed by atoms with Crippen LogP contribution in [0, 0.1) is 5.92 Å². The zero-order valence-corrected chi connectivity index (χ0v) is 10.9. The summed E-state index contributed by atoms with van der Waals surface area (Å²) in [7, 11) is -3.08. The first-order valence-electron chi connectivity index (χ1n) is 6.12. The molecule has 0 aliphatic carbocycles. The van der Waals surface area contributed by atoms with E-state index in [1.807, 2.05) is 12.1 Å². The van der Waals surface area contributed by atoms with Crippen LogP contribution >= 0.6 is 0 Å². The lowest BCUT2D eigenvalue weighted by Gasteiger charge is -2.21. The summed E-state index contributed by atoms with van der Waals surface area (Å²) < 4.78 is 24.1. The summed E-state index contributed by atoms with van der Waals surface area (Å²) >= 11 is 0. The minimum atomic E-state index is -3.08. The van der Waals surface area contributed by atoms with Gasteiger partial charge in [-0.25, -0.2) is 8.42 Å². The largest absolute Gasteiger partial charge is 0.330 e. The number of hydrogen-bond donors (Lipinski definition) is 1. The lowest BCUT2D eigenvalue weighted by atomic mass is 9.85. The van der Waals surface area contributed by atoms with Gasteiger partial charge >= 0.3 is 0 Å². The Kier molecular flexibility index (Phi) is 3.54. The monoisotopic (exact) mass is 253 g/mol. The van der Waals surface area contributed by atoms with Gasteiger partial charge in [0.1, 0.15) is 0 Å². The number of rotatable bonds is 4. The highest BCUT2D eigenvalue weighted by atomic mass is 32.2. The lowest BCUT2D eigenvalue weighted by Crippen LogP contribution is -2.23. The molecule has 2 atom stereocenters. The summed E-state index contributed by atoms with van der Waals surface area (Å²) in [4.78, 5) is 0.513. The second-order valence-corrected chi connectivity index (χ2v) is 6.71. The van der Waals surface area contributed by atoms with Crippen LogP contribution in [0.2, 0.25) is 0 Å². The molecule has 1 heterocycles. The second kappa shape index (κ2) is 4.78. The smallest absolute Gasteiger partial charge is 0.179 e. The predicted molar refractivity (Wildman–Crippen MR) is 68.7 cm³/mol. The van der Waals surface area contributed by atoms with Gasteiger partial charge in [-0.15, -0.1) is 0 Å². The molecule has 1 aromatic carbocycles. The van der Waals surface area contributed by atoms with E-state index in [0.717, 1.165) is 18.4 Å². The minimum absolute atomic E-state index is 0.0844. The Morgan fingerprint density at radius 2 is 2.12 bits per heavy atom. The first-order chi connectivity index (χ1) is 8.10. The van der Waals surface area contributed by atoms with Crippen LogP contribution < -0.4 is 5.73 Å². The van der Waals surface area contributed by atoms with Crippen LogP contribution in [0.3, 0.4) is 0 Å². The summed E-state index contributed by atoms with van der Waals surface area (Å²) in [5.41, 5.74) is 6.76. The van der Waals surface area contributed by atoms with Crippen molar-refractivity contribution in [1.82, 2.24) is 0 Å². The molecule has 4 heteroatoms. The third kappa shape index (κ3) is 2.24. The van der Waals surface area contributed by atoms with Crippen molar-refractivity contribution in [1.29, 1.82) is 0 Å². The summed E-state index contributed by atoms with van der Waals surface area (Å²) in [5.74, 6) is 0.591. The second-order valence-electron chi connectivity index (χ2n) is 4.71. The molecular weight excluding hydrogens is 234 g/mol. The highest BCUT2D eigenvalue weighted by molar-refractivity contribution is 7.91. The molecule has 0 radical (unpaired) electrons. The maximum Gasteiger partial charge on any atom is 0.179 e. The van der Waals surface area contributed by atoms with Gasteiger partial charge in [0.25, 0.3) is 0 Å². The molecular formula is C13H19NO2S. The lowest BCUT2D eigenvalue weighted by molar-refractivity contribution is 0.423. The topological polar surface area (TPSA) is 60.2 Å². The predicted octanol–water partition coefficient (Wildman–Crippen LogP) is 1.93. The van der Waals surface area contributed by atoms with Crippen LogP contribution in [0.25, 0.3) is 0 Å². The van der Waals surface area contributed by atoms with Crippen molar-refractivity contribution in [2.24, 2.45) is 11.7 Å². The Bertz CT molecular complexity index is 496. The van der Waals surface area contributed by atoms with E-state index in [0.29, 0.717) is 11.4 Å². The molecule has 3 nitrogen and oxygen atoms in total. The fourth-order valence-electron chi connectivity index (χ4n) is 2.73. The van der Waals surface area contributed by atoms with Gasteiger partial charge in [-0.1, -0.05) is 31.5 Å². The van der Waals surface area contributed by atoms with Gasteiger partial charge in [-0.3, -0.25) is 0 Å². The maximum absolute atomic E-state index is 12.0. The van der Waals surface area contributed by atoms with E-state index in [1.165, 1.54) is 0 Å². The van der Waals surface area contributed by atoms with Crippen molar-refractivity contribution in [2.75, 3.05) is 12.3 Å². The summed E-state index contributed by atoms with van der Waals surface area (Å²) in [6.07, 6.45) is 2.03. The van der Waals surface area contributed by atoms with Crippen molar-refractivity contribution >= 4 is 9.84 Å². The number of benzene rings is 1. The van der Waals surface area contributed by atoms with Gasteiger partial charge in [-0.2, -0.15) is 0 Å². The van der Waals surface area contributed by atoms with E-state index >= 15 is 0 Å². The maximum atomic E-state index is 12.0. The molecule has 2 rings (SSSR count). The molecule has 0 saturated heterocycles. The van der Waals surface area contributed by atoms with Crippen LogP contribution in [-0.2, 0) is 9.84 Å². The van der Waals surface area contributed by atoms with Gasteiger partial charge in [0.15, 0.2) is 9.84 Å². The van der Waals surface area contributed by atoms with E-state index in [4.69, 9.17) is 5.73 Å². The fourth-order valence-corrected chi connectivity index (χ4v) is 4.70. The van der Waals surface area contributed by atoms with Crippen LogP contribution in [0.15, 0.2) is 29.2 Å². The Hall–Kier alpha value is -0.870. The molecule has 1 aromatic rings. The number of nitrogens with two attached hydrogens (primary N) is 1. The average Bonchev–Trinajstić information content (AvgIpc) is 2.59. The Morgan fingerprint density at radius 3 is 2.76 bits per heavy atom. The molecule has 0 spiro atoms. The Labute approximate surface area is 103 Å². The van der Waals surface area contributed by atoms with Gasteiger partial charge in [-0.05, 0) is 30.5 Å². The van der Waals surface area contributed by atoms with Crippen molar-refractivity contribution in [3.05, 3.63) is 29.8 Å². The zero-order valence-electron chi connectivity index (χ0n) is 10.1. The Balaban J connectivity index is 2.40. The van der Waals surface area contributed by atoms with E-state index in [1.54, 1.807) is 12.1 Å². The van der Waals surface area contributed by atoms with Gasteiger partial charge in [0, 0.05) is 5.92 Å². The number of sulfone groups is 1.